The Labute approximate surface area is 324 Å². The molecule has 6 aromatic rings. The second-order valence-electron chi connectivity index (χ2n) is 13.4. The molecule has 2 aliphatic heterocycles. The van der Waals surface area contributed by atoms with Gasteiger partial charge in [0.25, 0.3) is 11.1 Å². The molecule has 6 heterocycles. The lowest BCUT2D eigenvalue weighted by molar-refractivity contribution is 0.311. The number of methoxy groups -OCH3 is 2. The number of hydrogen-bond donors (Lipinski definition) is 2. The summed E-state index contributed by atoms with van der Waals surface area (Å²) < 4.78 is 19.4. The summed E-state index contributed by atoms with van der Waals surface area (Å²) in [6.07, 6.45) is 3.74. The summed E-state index contributed by atoms with van der Waals surface area (Å²) in [5.74, 6) is 1.88. The number of aromatic nitrogens is 4. The van der Waals surface area contributed by atoms with E-state index in [2.05, 4.69) is 37.3 Å². The second-order valence-corrected chi connectivity index (χ2v) is 13.8. The van der Waals surface area contributed by atoms with Crippen molar-refractivity contribution in [2.75, 3.05) is 76.4 Å². The van der Waals surface area contributed by atoms with Crippen LogP contribution in [0.1, 0.15) is 13.8 Å². The van der Waals surface area contributed by atoms with Crippen LogP contribution in [0.5, 0.6) is 17.2 Å². The number of halogens is 1. The number of pyridine rings is 2. The number of anilines is 2. The topological polar surface area (TPSA) is 127 Å². The first-order chi connectivity index (χ1) is 26.7. The highest BCUT2D eigenvalue weighted by Gasteiger charge is 2.18. The molecule has 0 saturated carbocycles. The van der Waals surface area contributed by atoms with Crippen molar-refractivity contribution in [3.63, 3.8) is 0 Å². The summed E-state index contributed by atoms with van der Waals surface area (Å²) in [5.41, 5.74) is 5.87. The predicted molar refractivity (Wildman–Crippen MR) is 218 cm³/mol. The summed E-state index contributed by atoms with van der Waals surface area (Å²) in [7, 11) is 3.17. The van der Waals surface area contributed by atoms with Crippen LogP contribution in [0.2, 0.25) is 5.02 Å². The van der Waals surface area contributed by atoms with Crippen molar-refractivity contribution in [1.82, 2.24) is 29.4 Å². The van der Waals surface area contributed by atoms with Crippen LogP contribution in [0, 0.1) is 0 Å². The quantitative estimate of drug-likeness (QED) is 0.218. The molecule has 2 aliphatic rings. The third-order valence-electron chi connectivity index (χ3n) is 9.71. The molecule has 286 valence electrons. The van der Waals surface area contributed by atoms with Gasteiger partial charge >= 0.3 is 0 Å². The Hall–Kier alpha value is -5.63. The molecule has 2 fully saturated rings. The molecule has 2 aromatic carbocycles. The van der Waals surface area contributed by atoms with Crippen LogP contribution < -0.4 is 45.8 Å². The number of nitrogens with one attached hydrogen (secondary N) is 2. The Balaban J connectivity index is 0.000000169. The lowest BCUT2D eigenvalue weighted by Gasteiger charge is -2.33. The molecule has 0 radical (unpaired) electrons. The van der Waals surface area contributed by atoms with Crippen molar-refractivity contribution in [3.8, 4) is 39.8 Å². The minimum atomic E-state index is -0.119. The first kappa shape index (κ1) is 37.7. The van der Waals surface area contributed by atoms with E-state index in [0.717, 1.165) is 68.3 Å². The third kappa shape index (κ3) is 8.39. The van der Waals surface area contributed by atoms with Gasteiger partial charge in [0.1, 0.15) is 17.0 Å². The molecule has 2 N–H and O–H groups in total. The van der Waals surface area contributed by atoms with Crippen LogP contribution in [-0.2, 0) is 0 Å². The van der Waals surface area contributed by atoms with Crippen molar-refractivity contribution < 1.29 is 14.2 Å². The van der Waals surface area contributed by atoms with Gasteiger partial charge in [0.05, 0.1) is 48.6 Å². The van der Waals surface area contributed by atoms with Crippen LogP contribution in [0.15, 0.2) is 94.8 Å². The largest absolute Gasteiger partial charge is 0.495 e. The fourth-order valence-corrected chi connectivity index (χ4v) is 7.13. The molecule has 0 aliphatic carbocycles. The normalized spacial score (nSPS) is 15.8. The minimum Gasteiger partial charge on any atom is -0.495 e. The zero-order chi connectivity index (χ0) is 38.5. The molecule has 55 heavy (non-hydrogen) atoms. The number of hydrogen-bond acceptors (Lipinski definition) is 11. The van der Waals surface area contributed by atoms with Crippen molar-refractivity contribution in [2.24, 2.45) is 0 Å². The molecular formula is C41H45ClN8O5. The van der Waals surface area contributed by atoms with Crippen LogP contribution in [0.3, 0.4) is 0 Å². The molecule has 4 aromatic heterocycles. The van der Waals surface area contributed by atoms with Gasteiger partial charge in [-0.25, -0.2) is 9.97 Å². The number of ether oxygens (including phenoxy) is 3. The maximum atomic E-state index is 12.8. The van der Waals surface area contributed by atoms with E-state index in [9.17, 15) is 9.59 Å². The molecule has 0 unspecified atom stereocenters. The van der Waals surface area contributed by atoms with Crippen LogP contribution in [-0.4, -0.2) is 91.5 Å². The van der Waals surface area contributed by atoms with Gasteiger partial charge in [-0.1, -0.05) is 11.6 Å². The van der Waals surface area contributed by atoms with Gasteiger partial charge in [0.15, 0.2) is 11.5 Å². The maximum absolute atomic E-state index is 12.8. The van der Waals surface area contributed by atoms with Crippen molar-refractivity contribution >= 4 is 34.3 Å². The average molecular weight is 765 g/mol. The number of piperazine rings is 2. The van der Waals surface area contributed by atoms with E-state index in [4.69, 9.17) is 25.8 Å². The zero-order valence-electron chi connectivity index (χ0n) is 31.4. The SMILES string of the molecule is CCOc1cc(-c2cc(=O)n3cc(N4CCNCC4)ccc3n2)ccc1OC.COc1ccc(-c2cc(=O)n3cc(N4CCN[C@@H](C)C4)ccc3n2)cc1Cl. The van der Waals surface area contributed by atoms with Gasteiger partial charge in [0, 0.05) is 87.5 Å². The lowest BCUT2D eigenvalue weighted by Crippen LogP contribution is -2.49. The van der Waals surface area contributed by atoms with E-state index in [1.54, 1.807) is 41.2 Å². The molecule has 14 heteroatoms. The van der Waals surface area contributed by atoms with Crippen LogP contribution in [0.25, 0.3) is 33.8 Å². The highest BCUT2D eigenvalue weighted by molar-refractivity contribution is 6.32. The van der Waals surface area contributed by atoms with Gasteiger partial charge in [-0.15, -0.1) is 0 Å². The Morgan fingerprint density at radius 3 is 1.84 bits per heavy atom. The second kappa shape index (κ2) is 16.8. The fraction of sp³-hybridized carbons (Fsp3) is 0.317. The van der Waals surface area contributed by atoms with Gasteiger partial charge < -0.3 is 34.6 Å². The van der Waals surface area contributed by atoms with Gasteiger partial charge in [-0.05, 0) is 74.5 Å². The molecule has 1 atom stereocenters. The molecule has 0 amide bonds. The lowest BCUT2D eigenvalue weighted by atomic mass is 10.1. The number of rotatable bonds is 8. The van der Waals surface area contributed by atoms with E-state index >= 15 is 0 Å². The highest BCUT2D eigenvalue weighted by Crippen LogP contribution is 2.32. The molecule has 0 spiro atoms. The summed E-state index contributed by atoms with van der Waals surface area (Å²) >= 11 is 6.21. The van der Waals surface area contributed by atoms with E-state index in [0.29, 0.717) is 57.6 Å². The first-order valence-corrected chi connectivity index (χ1v) is 18.8. The minimum absolute atomic E-state index is 0.106. The summed E-state index contributed by atoms with van der Waals surface area (Å²) in [6, 6.07) is 22.3. The Morgan fingerprint density at radius 2 is 1.27 bits per heavy atom. The Morgan fingerprint density at radius 1 is 0.709 bits per heavy atom. The highest BCUT2D eigenvalue weighted by atomic mass is 35.5. The van der Waals surface area contributed by atoms with Gasteiger partial charge in [-0.3, -0.25) is 18.4 Å². The Kier molecular flexibility index (Phi) is 11.5. The first-order valence-electron chi connectivity index (χ1n) is 18.4. The van der Waals surface area contributed by atoms with Gasteiger partial charge in [0.2, 0.25) is 0 Å². The maximum Gasteiger partial charge on any atom is 0.258 e. The Bertz CT molecular complexity index is 2430. The fourth-order valence-electron chi connectivity index (χ4n) is 6.87. The van der Waals surface area contributed by atoms with E-state index in [1.807, 2.05) is 67.8 Å². The van der Waals surface area contributed by atoms with Crippen LogP contribution >= 0.6 is 11.6 Å². The number of nitrogens with zero attached hydrogens (tertiary/aromatic N) is 6. The molecule has 2 saturated heterocycles. The summed E-state index contributed by atoms with van der Waals surface area (Å²) in [4.78, 5) is 39.4. The van der Waals surface area contributed by atoms with E-state index < -0.39 is 0 Å². The molecule has 0 bridgehead atoms. The summed E-state index contributed by atoms with van der Waals surface area (Å²) in [6.45, 7) is 11.1. The number of benzene rings is 2. The molecular weight excluding hydrogens is 720 g/mol. The third-order valence-corrected chi connectivity index (χ3v) is 10.0. The van der Waals surface area contributed by atoms with E-state index in [-0.39, 0.29) is 11.1 Å². The summed E-state index contributed by atoms with van der Waals surface area (Å²) in [5, 5.41) is 7.25. The smallest absolute Gasteiger partial charge is 0.258 e. The van der Waals surface area contributed by atoms with E-state index in [1.165, 1.54) is 6.07 Å². The number of fused-ring (bicyclic) bond motifs is 2. The zero-order valence-corrected chi connectivity index (χ0v) is 32.2. The van der Waals surface area contributed by atoms with Crippen molar-refractivity contribution in [1.29, 1.82) is 0 Å². The van der Waals surface area contributed by atoms with Gasteiger partial charge in [-0.2, -0.15) is 0 Å². The van der Waals surface area contributed by atoms with Crippen molar-refractivity contribution in [3.05, 3.63) is 111 Å². The molecule has 13 nitrogen and oxygen atoms in total. The monoisotopic (exact) mass is 764 g/mol. The van der Waals surface area contributed by atoms with Crippen LogP contribution in [0.4, 0.5) is 11.4 Å². The average Bonchev–Trinajstić information content (AvgIpc) is 3.21. The van der Waals surface area contributed by atoms with Crippen molar-refractivity contribution in [2.45, 2.75) is 19.9 Å². The molecule has 8 rings (SSSR count). The standard InChI is InChI=1S/C21H24N4O3.C20H21ClN4O2/c1-3-28-19-12-15(4-6-18(19)27-2)17-13-21(26)25-14-16(5-7-20(25)23-17)24-10-8-22-9-11-24;1-13-11-24(8-7-22-13)15-4-6-19-23-17(10-20(26)25(19)12-15)14-3-5-18(27-2)16(21)9-14/h4-7,12-14,22H,3,8-11H2,1-2H3;3-6,9-10,12-13,22H,7-8,11H2,1-2H3/t;13-/m.0/s1. The predicted octanol–water partition coefficient (Wildman–Crippen LogP) is 5.00.